The number of pyridine rings is 1. The van der Waals surface area contributed by atoms with Gasteiger partial charge in [-0.3, -0.25) is 14.6 Å². The van der Waals surface area contributed by atoms with Gasteiger partial charge in [0.1, 0.15) is 5.82 Å². The first-order chi connectivity index (χ1) is 19.7. The first-order valence-electron chi connectivity index (χ1n) is 12.8. The van der Waals surface area contributed by atoms with Crippen LogP contribution in [0.4, 0.5) is 23.2 Å². The van der Waals surface area contributed by atoms with E-state index in [4.69, 9.17) is 6.42 Å². The van der Waals surface area contributed by atoms with Gasteiger partial charge in [0, 0.05) is 49.2 Å². The predicted molar refractivity (Wildman–Crippen MR) is 141 cm³/mol. The van der Waals surface area contributed by atoms with Gasteiger partial charge in [0.05, 0.1) is 29.1 Å². The van der Waals surface area contributed by atoms with Crippen molar-refractivity contribution in [3.8, 4) is 29.3 Å². The van der Waals surface area contributed by atoms with Crippen LogP contribution in [0.25, 0.3) is 16.9 Å². The van der Waals surface area contributed by atoms with E-state index < -0.39 is 29.2 Å². The maximum atomic E-state index is 14.4. The van der Waals surface area contributed by atoms with Crippen molar-refractivity contribution in [1.29, 1.82) is 0 Å². The number of halogens is 4. The average molecular weight is 560 g/mol. The minimum atomic E-state index is -1.61. The maximum absolute atomic E-state index is 14.4. The van der Waals surface area contributed by atoms with Crippen LogP contribution in [-0.2, 0) is 11.2 Å². The molecule has 41 heavy (non-hydrogen) atoms. The SMILES string of the molecule is C#Cc1cc2c(cc1F)N(C1CCN(C(=O)c3cc(-c4cccnc4)n(-c4cc(F)c(F)c(F)c4)n3)CC1)C(=O)C2. The number of carbonyl (C=O) groups excluding carboxylic acids is 2. The van der Waals surface area contributed by atoms with Crippen molar-refractivity contribution in [2.75, 3.05) is 18.0 Å². The third kappa shape index (κ3) is 4.61. The Morgan fingerprint density at radius 2 is 1.73 bits per heavy atom. The minimum Gasteiger partial charge on any atom is -0.337 e. The number of hydrogen-bond acceptors (Lipinski definition) is 4. The van der Waals surface area contributed by atoms with Crippen LogP contribution < -0.4 is 4.90 Å². The normalized spacial score (nSPS) is 15.2. The van der Waals surface area contributed by atoms with Crippen molar-refractivity contribution >= 4 is 17.5 Å². The zero-order valence-electron chi connectivity index (χ0n) is 21.5. The van der Waals surface area contributed by atoms with E-state index in [2.05, 4.69) is 16.0 Å². The fraction of sp³-hybridized carbons (Fsp3) is 0.200. The van der Waals surface area contributed by atoms with Crippen molar-refractivity contribution in [1.82, 2.24) is 19.7 Å². The molecule has 2 amide bonds. The van der Waals surface area contributed by atoms with Crippen LogP contribution in [0.2, 0.25) is 0 Å². The molecular formula is C30H21F4N5O2. The van der Waals surface area contributed by atoms with Crippen molar-refractivity contribution in [3.05, 3.63) is 94.9 Å². The molecule has 2 aliphatic rings. The summed E-state index contributed by atoms with van der Waals surface area (Å²) in [5.41, 5.74) is 2.03. The van der Waals surface area contributed by atoms with Crippen LogP contribution in [0.3, 0.4) is 0 Å². The number of aromatic nitrogens is 3. The van der Waals surface area contributed by atoms with Crippen LogP contribution in [-0.4, -0.2) is 50.6 Å². The molecule has 4 heterocycles. The van der Waals surface area contributed by atoms with Gasteiger partial charge >= 0.3 is 0 Å². The molecule has 0 atom stereocenters. The molecule has 1 saturated heterocycles. The van der Waals surface area contributed by atoms with Crippen LogP contribution in [0, 0.1) is 35.6 Å². The van der Waals surface area contributed by atoms with Gasteiger partial charge in [0.15, 0.2) is 23.1 Å². The summed E-state index contributed by atoms with van der Waals surface area (Å²) in [5, 5.41) is 4.33. The first-order valence-corrected chi connectivity index (χ1v) is 12.8. The summed E-state index contributed by atoms with van der Waals surface area (Å²) in [7, 11) is 0. The van der Waals surface area contributed by atoms with E-state index >= 15 is 0 Å². The van der Waals surface area contributed by atoms with Gasteiger partial charge in [0.25, 0.3) is 5.91 Å². The quantitative estimate of drug-likeness (QED) is 0.207. The second-order valence-electron chi connectivity index (χ2n) is 9.86. The van der Waals surface area contributed by atoms with Crippen LogP contribution in [0.1, 0.15) is 34.5 Å². The number of piperidine rings is 1. The lowest BCUT2D eigenvalue weighted by Gasteiger charge is -2.36. The molecule has 0 aliphatic carbocycles. The number of hydrogen-bond donors (Lipinski definition) is 0. The van der Waals surface area contributed by atoms with Gasteiger partial charge in [-0.05, 0) is 48.7 Å². The standard InChI is InChI=1S/C30H21F4N5O2/c1-2-17-10-19-11-28(40)38(26(19)14-22(17)31)20-5-8-37(9-6-20)30(41)25-15-27(18-4-3-7-35-16-18)39(36-25)21-12-23(32)29(34)24(33)13-21/h1,3-4,7,10,12-16,20H,5-6,8-9,11H2. The van der Waals surface area contributed by atoms with Gasteiger partial charge < -0.3 is 9.80 Å². The van der Waals surface area contributed by atoms with E-state index in [0.717, 1.165) is 12.1 Å². The molecule has 2 aliphatic heterocycles. The van der Waals surface area contributed by atoms with Gasteiger partial charge in [-0.2, -0.15) is 5.10 Å². The zero-order chi connectivity index (χ0) is 28.8. The van der Waals surface area contributed by atoms with E-state index in [0.29, 0.717) is 48.4 Å². The molecule has 206 valence electrons. The molecule has 0 N–H and O–H groups in total. The lowest BCUT2D eigenvalue weighted by Crippen LogP contribution is -2.48. The highest BCUT2D eigenvalue weighted by atomic mass is 19.2. The molecule has 7 nitrogen and oxygen atoms in total. The monoisotopic (exact) mass is 559 g/mol. The fourth-order valence-corrected chi connectivity index (χ4v) is 5.42. The number of amides is 2. The Kier molecular flexibility index (Phi) is 6.53. The zero-order valence-corrected chi connectivity index (χ0v) is 21.5. The van der Waals surface area contributed by atoms with E-state index in [1.807, 2.05) is 0 Å². The summed E-state index contributed by atoms with van der Waals surface area (Å²) in [4.78, 5) is 33.6. The molecule has 0 unspecified atom stereocenters. The smallest absolute Gasteiger partial charge is 0.274 e. The molecule has 11 heteroatoms. The molecule has 0 radical (unpaired) electrons. The Hall–Kier alpha value is -4.98. The molecule has 4 aromatic rings. The number of fused-ring (bicyclic) bond motifs is 1. The molecule has 2 aromatic carbocycles. The molecule has 0 saturated carbocycles. The van der Waals surface area contributed by atoms with Gasteiger partial charge in [-0.1, -0.05) is 5.92 Å². The Morgan fingerprint density at radius 1 is 1.00 bits per heavy atom. The van der Waals surface area contributed by atoms with Crippen molar-refractivity contribution in [2.24, 2.45) is 0 Å². The highest BCUT2D eigenvalue weighted by molar-refractivity contribution is 6.02. The van der Waals surface area contributed by atoms with E-state index in [-0.39, 0.29) is 35.3 Å². The van der Waals surface area contributed by atoms with E-state index in [1.165, 1.54) is 29.1 Å². The third-order valence-corrected chi connectivity index (χ3v) is 7.41. The summed E-state index contributed by atoms with van der Waals surface area (Å²) in [5.74, 6) is -3.25. The number of benzene rings is 2. The fourth-order valence-electron chi connectivity index (χ4n) is 5.42. The largest absolute Gasteiger partial charge is 0.337 e. The number of nitrogens with zero attached hydrogens (tertiary/aromatic N) is 5. The summed E-state index contributed by atoms with van der Waals surface area (Å²) >= 11 is 0. The maximum Gasteiger partial charge on any atom is 0.274 e. The molecular weight excluding hydrogens is 538 g/mol. The molecule has 0 bridgehead atoms. The van der Waals surface area contributed by atoms with Gasteiger partial charge in [0.2, 0.25) is 5.91 Å². The Morgan fingerprint density at radius 3 is 2.39 bits per heavy atom. The lowest BCUT2D eigenvalue weighted by atomic mass is 10.0. The third-order valence-electron chi connectivity index (χ3n) is 7.41. The first kappa shape index (κ1) is 26.3. The van der Waals surface area contributed by atoms with E-state index in [9.17, 15) is 27.2 Å². The molecule has 2 aromatic heterocycles. The van der Waals surface area contributed by atoms with Crippen LogP contribution >= 0.6 is 0 Å². The highest BCUT2D eigenvalue weighted by Crippen LogP contribution is 2.35. The number of rotatable bonds is 4. The summed E-state index contributed by atoms with van der Waals surface area (Å²) < 4.78 is 57.3. The summed E-state index contributed by atoms with van der Waals surface area (Å²) in [6.07, 6.45) is 9.43. The van der Waals surface area contributed by atoms with Crippen molar-refractivity contribution < 1.29 is 27.2 Å². The number of terminal acetylenes is 1. The second kappa shape index (κ2) is 10.2. The predicted octanol–water partition coefficient (Wildman–Crippen LogP) is 4.67. The van der Waals surface area contributed by atoms with Crippen LogP contribution in [0.15, 0.2) is 54.9 Å². The van der Waals surface area contributed by atoms with Crippen LogP contribution in [0.5, 0.6) is 0 Å². The Balaban J connectivity index is 1.25. The van der Waals surface area contributed by atoms with Gasteiger partial charge in [-0.15, -0.1) is 6.42 Å². The Bertz CT molecular complexity index is 1720. The lowest BCUT2D eigenvalue weighted by molar-refractivity contribution is -0.118. The molecule has 6 rings (SSSR count). The van der Waals surface area contributed by atoms with Gasteiger partial charge in [-0.25, -0.2) is 22.2 Å². The number of anilines is 1. The number of carbonyl (C=O) groups is 2. The summed E-state index contributed by atoms with van der Waals surface area (Å²) in [6, 6.07) is 9.00. The topological polar surface area (TPSA) is 71.3 Å². The van der Waals surface area contributed by atoms with Crippen molar-refractivity contribution in [3.63, 3.8) is 0 Å². The minimum absolute atomic E-state index is 0.0129. The van der Waals surface area contributed by atoms with Crippen molar-refractivity contribution in [2.45, 2.75) is 25.3 Å². The molecule has 1 fully saturated rings. The molecule has 0 spiro atoms. The Labute approximate surface area is 232 Å². The second-order valence-corrected chi connectivity index (χ2v) is 9.86. The average Bonchev–Trinajstić information content (AvgIpc) is 3.56. The highest BCUT2D eigenvalue weighted by Gasteiger charge is 2.37. The van der Waals surface area contributed by atoms with E-state index in [1.54, 1.807) is 28.1 Å². The number of likely N-dealkylation sites (tertiary alicyclic amines) is 1. The summed E-state index contributed by atoms with van der Waals surface area (Å²) in [6.45, 7) is 0.588.